The van der Waals surface area contributed by atoms with Crippen LogP contribution in [0.25, 0.3) is 0 Å². The van der Waals surface area contributed by atoms with E-state index in [1.165, 1.54) is 0 Å². The SMILES string of the molecule is Cc1noc(C)c1CNC(=O)CC(N)C1CC1. The number of carbonyl (C=O) groups excluding carboxylic acids is 1. The van der Waals surface area contributed by atoms with Crippen LogP contribution in [0.15, 0.2) is 4.52 Å². The topological polar surface area (TPSA) is 81.2 Å². The molecule has 1 aliphatic carbocycles. The molecule has 1 heterocycles. The van der Waals surface area contributed by atoms with E-state index in [0.29, 0.717) is 18.9 Å². The van der Waals surface area contributed by atoms with Gasteiger partial charge in [0.15, 0.2) is 0 Å². The summed E-state index contributed by atoms with van der Waals surface area (Å²) in [7, 11) is 0. The molecule has 2 rings (SSSR count). The van der Waals surface area contributed by atoms with Gasteiger partial charge < -0.3 is 15.6 Å². The average Bonchev–Trinajstić information content (AvgIpc) is 3.06. The van der Waals surface area contributed by atoms with Crippen LogP contribution in [0.3, 0.4) is 0 Å². The van der Waals surface area contributed by atoms with E-state index in [2.05, 4.69) is 10.5 Å². The van der Waals surface area contributed by atoms with Gasteiger partial charge in [0.25, 0.3) is 0 Å². The molecule has 1 aromatic heterocycles. The summed E-state index contributed by atoms with van der Waals surface area (Å²) >= 11 is 0. The van der Waals surface area contributed by atoms with Gasteiger partial charge in [-0.25, -0.2) is 0 Å². The molecule has 0 aliphatic heterocycles. The number of amides is 1. The third-order valence-corrected chi connectivity index (χ3v) is 3.29. The molecular weight excluding hydrogens is 218 g/mol. The summed E-state index contributed by atoms with van der Waals surface area (Å²) in [6, 6.07) is 0.0136. The molecule has 1 atom stereocenters. The Kier molecular flexibility index (Phi) is 3.47. The second-order valence-electron chi connectivity index (χ2n) is 4.78. The van der Waals surface area contributed by atoms with E-state index < -0.39 is 0 Å². The number of aryl methyl sites for hydroxylation is 2. The van der Waals surface area contributed by atoms with Gasteiger partial charge in [-0.2, -0.15) is 0 Å². The summed E-state index contributed by atoms with van der Waals surface area (Å²) < 4.78 is 5.03. The molecule has 0 aromatic carbocycles. The average molecular weight is 237 g/mol. The highest BCUT2D eigenvalue weighted by Crippen LogP contribution is 2.32. The predicted octanol–water partition coefficient (Wildman–Crippen LogP) is 1.04. The summed E-state index contributed by atoms with van der Waals surface area (Å²) in [4.78, 5) is 11.7. The van der Waals surface area contributed by atoms with Crippen molar-refractivity contribution in [1.82, 2.24) is 10.5 Å². The fourth-order valence-corrected chi connectivity index (χ4v) is 1.92. The molecule has 0 radical (unpaired) electrons. The summed E-state index contributed by atoms with van der Waals surface area (Å²) in [5.74, 6) is 1.32. The monoisotopic (exact) mass is 237 g/mol. The highest BCUT2D eigenvalue weighted by molar-refractivity contribution is 5.76. The molecule has 0 saturated heterocycles. The molecule has 0 bridgehead atoms. The van der Waals surface area contributed by atoms with Crippen molar-refractivity contribution in [3.8, 4) is 0 Å². The molecule has 5 nitrogen and oxygen atoms in total. The Morgan fingerprint density at radius 3 is 2.82 bits per heavy atom. The lowest BCUT2D eigenvalue weighted by atomic mass is 10.1. The quantitative estimate of drug-likeness (QED) is 0.801. The summed E-state index contributed by atoms with van der Waals surface area (Å²) in [5.41, 5.74) is 7.68. The summed E-state index contributed by atoms with van der Waals surface area (Å²) in [6.07, 6.45) is 2.74. The van der Waals surface area contributed by atoms with Crippen LogP contribution in [0.5, 0.6) is 0 Å². The second kappa shape index (κ2) is 4.87. The minimum absolute atomic E-state index is 0.00407. The van der Waals surface area contributed by atoms with E-state index in [9.17, 15) is 4.79 Å². The highest BCUT2D eigenvalue weighted by atomic mass is 16.5. The Balaban J connectivity index is 1.79. The number of nitrogens with one attached hydrogen (secondary N) is 1. The zero-order valence-electron chi connectivity index (χ0n) is 10.3. The third kappa shape index (κ3) is 3.06. The molecule has 1 amide bonds. The maximum atomic E-state index is 11.7. The molecule has 0 spiro atoms. The Morgan fingerprint density at radius 2 is 2.29 bits per heavy atom. The van der Waals surface area contributed by atoms with Gasteiger partial charge in [0, 0.05) is 24.6 Å². The van der Waals surface area contributed by atoms with Gasteiger partial charge >= 0.3 is 0 Å². The Hall–Kier alpha value is -1.36. The predicted molar refractivity (Wildman–Crippen MR) is 63.1 cm³/mol. The number of nitrogens with two attached hydrogens (primary N) is 1. The van der Waals surface area contributed by atoms with E-state index in [-0.39, 0.29) is 11.9 Å². The van der Waals surface area contributed by atoms with Gasteiger partial charge in [0.2, 0.25) is 5.91 Å². The van der Waals surface area contributed by atoms with Gasteiger partial charge in [-0.3, -0.25) is 4.79 Å². The van der Waals surface area contributed by atoms with E-state index in [1.54, 1.807) is 0 Å². The fourth-order valence-electron chi connectivity index (χ4n) is 1.92. The van der Waals surface area contributed by atoms with Crippen LogP contribution < -0.4 is 11.1 Å². The molecule has 1 aliphatic rings. The lowest BCUT2D eigenvalue weighted by Crippen LogP contribution is -2.32. The van der Waals surface area contributed by atoms with Gasteiger partial charge in [-0.05, 0) is 32.6 Å². The number of aromatic nitrogens is 1. The van der Waals surface area contributed by atoms with Crippen molar-refractivity contribution in [1.29, 1.82) is 0 Å². The van der Waals surface area contributed by atoms with Crippen LogP contribution in [0, 0.1) is 19.8 Å². The number of hydrogen-bond acceptors (Lipinski definition) is 4. The molecule has 1 unspecified atom stereocenters. The van der Waals surface area contributed by atoms with Crippen LogP contribution >= 0.6 is 0 Å². The van der Waals surface area contributed by atoms with Crippen LogP contribution in [-0.4, -0.2) is 17.1 Å². The largest absolute Gasteiger partial charge is 0.361 e. The van der Waals surface area contributed by atoms with Crippen LogP contribution in [-0.2, 0) is 11.3 Å². The van der Waals surface area contributed by atoms with Crippen molar-refractivity contribution in [2.45, 2.75) is 45.7 Å². The first-order chi connectivity index (χ1) is 8.08. The van der Waals surface area contributed by atoms with Gasteiger partial charge in [-0.15, -0.1) is 0 Å². The van der Waals surface area contributed by atoms with E-state index >= 15 is 0 Å². The first kappa shape index (κ1) is 12.1. The van der Waals surface area contributed by atoms with Crippen molar-refractivity contribution >= 4 is 5.91 Å². The second-order valence-corrected chi connectivity index (χ2v) is 4.78. The van der Waals surface area contributed by atoms with Gasteiger partial charge in [-0.1, -0.05) is 5.16 Å². The van der Waals surface area contributed by atoms with E-state index in [4.69, 9.17) is 10.3 Å². The van der Waals surface area contributed by atoms with Crippen molar-refractivity contribution in [2.75, 3.05) is 0 Å². The lowest BCUT2D eigenvalue weighted by Gasteiger charge is -2.10. The van der Waals surface area contributed by atoms with Gasteiger partial charge in [0.1, 0.15) is 5.76 Å². The molecule has 1 aromatic rings. The fraction of sp³-hybridized carbons (Fsp3) is 0.667. The maximum absolute atomic E-state index is 11.7. The first-order valence-electron chi connectivity index (χ1n) is 6.02. The molecule has 1 fully saturated rings. The Morgan fingerprint density at radius 1 is 1.59 bits per heavy atom. The zero-order chi connectivity index (χ0) is 12.4. The maximum Gasteiger partial charge on any atom is 0.221 e. The van der Waals surface area contributed by atoms with Crippen molar-refractivity contribution < 1.29 is 9.32 Å². The van der Waals surface area contributed by atoms with E-state index in [1.807, 2.05) is 13.8 Å². The summed E-state index contributed by atoms with van der Waals surface area (Å²) in [6.45, 7) is 4.18. The standard InChI is InChI=1S/C12H19N3O2/c1-7-10(8(2)17-15-7)6-14-12(16)5-11(13)9-3-4-9/h9,11H,3-6,13H2,1-2H3,(H,14,16). The number of nitrogens with zero attached hydrogens (tertiary/aromatic N) is 1. The molecular formula is C12H19N3O2. The van der Waals surface area contributed by atoms with Crippen molar-refractivity contribution in [3.05, 3.63) is 17.0 Å². The highest BCUT2D eigenvalue weighted by Gasteiger charge is 2.29. The number of carbonyl (C=O) groups is 1. The minimum Gasteiger partial charge on any atom is -0.361 e. The van der Waals surface area contributed by atoms with Crippen molar-refractivity contribution in [2.24, 2.45) is 11.7 Å². The minimum atomic E-state index is 0.00407. The van der Waals surface area contributed by atoms with Crippen molar-refractivity contribution in [3.63, 3.8) is 0 Å². The Labute approximate surface area is 101 Å². The van der Waals surface area contributed by atoms with Gasteiger partial charge in [0.05, 0.1) is 5.69 Å². The molecule has 1 saturated carbocycles. The van der Waals surface area contributed by atoms with Crippen LogP contribution in [0.4, 0.5) is 0 Å². The number of hydrogen-bond donors (Lipinski definition) is 2. The number of rotatable bonds is 5. The van der Waals surface area contributed by atoms with Crippen LogP contribution in [0.2, 0.25) is 0 Å². The molecule has 3 N–H and O–H groups in total. The molecule has 94 valence electrons. The third-order valence-electron chi connectivity index (χ3n) is 3.29. The van der Waals surface area contributed by atoms with Crippen LogP contribution in [0.1, 0.15) is 36.3 Å². The smallest absolute Gasteiger partial charge is 0.221 e. The summed E-state index contributed by atoms with van der Waals surface area (Å²) in [5, 5.41) is 6.70. The molecule has 5 heteroatoms. The molecule has 17 heavy (non-hydrogen) atoms. The first-order valence-corrected chi connectivity index (χ1v) is 6.02. The van der Waals surface area contributed by atoms with E-state index in [0.717, 1.165) is 29.9 Å². The normalized spacial score (nSPS) is 16.9. The zero-order valence-corrected chi connectivity index (χ0v) is 10.3. The lowest BCUT2D eigenvalue weighted by molar-refractivity contribution is -0.121. The Bertz CT molecular complexity index is 390.